The lowest BCUT2D eigenvalue weighted by molar-refractivity contribution is 0.112. The number of aryl methyl sites for hydroxylation is 2. The summed E-state index contributed by atoms with van der Waals surface area (Å²) in [4.78, 5) is 10.4. The Morgan fingerprint density at radius 1 is 1.07 bits per heavy atom. The third kappa shape index (κ3) is 2.56. The summed E-state index contributed by atoms with van der Waals surface area (Å²) in [6.45, 7) is 0. The van der Waals surface area contributed by atoms with Crippen LogP contribution in [0.5, 0.6) is 0 Å². The maximum atomic E-state index is 10.4. The summed E-state index contributed by atoms with van der Waals surface area (Å²) in [6, 6.07) is 11.5. The first kappa shape index (κ1) is 9.71. The van der Waals surface area contributed by atoms with Gasteiger partial charge in [0.25, 0.3) is 0 Å². The highest BCUT2D eigenvalue weighted by molar-refractivity contribution is 5.74. The van der Waals surface area contributed by atoms with Crippen LogP contribution in [0, 0.1) is 0 Å². The largest absolute Gasteiger partial charge is 0.469 e. The van der Waals surface area contributed by atoms with Crippen LogP contribution in [0.4, 0.5) is 0 Å². The van der Waals surface area contributed by atoms with Gasteiger partial charge in [0.2, 0.25) is 0 Å². The molecule has 1 aromatic heterocycles. The van der Waals surface area contributed by atoms with Crippen LogP contribution in [-0.4, -0.2) is 6.29 Å². The van der Waals surface area contributed by atoms with Crippen molar-refractivity contribution in [2.24, 2.45) is 0 Å². The molecule has 15 heavy (non-hydrogen) atoms. The van der Waals surface area contributed by atoms with Gasteiger partial charge in [-0.05, 0) is 24.1 Å². The van der Waals surface area contributed by atoms with Crippen LogP contribution in [0.1, 0.15) is 21.7 Å². The number of benzene rings is 1. The smallest absolute Gasteiger partial charge is 0.150 e. The van der Waals surface area contributed by atoms with Crippen LogP contribution < -0.4 is 0 Å². The topological polar surface area (TPSA) is 30.2 Å². The predicted octanol–water partition coefficient (Wildman–Crippen LogP) is 2.88. The number of hydrogen-bond acceptors (Lipinski definition) is 2. The maximum absolute atomic E-state index is 10.4. The number of hydrogen-bond donors (Lipinski definition) is 0. The first-order valence-corrected chi connectivity index (χ1v) is 4.95. The molecule has 2 nitrogen and oxygen atoms in total. The van der Waals surface area contributed by atoms with Crippen molar-refractivity contribution in [1.82, 2.24) is 0 Å². The zero-order valence-corrected chi connectivity index (χ0v) is 8.35. The maximum Gasteiger partial charge on any atom is 0.150 e. The first-order chi connectivity index (χ1) is 7.38. The normalized spacial score (nSPS) is 10.1. The van der Waals surface area contributed by atoms with Gasteiger partial charge in [0, 0.05) is 12.0 Å². The third-order valence-corrected chi connectivity index (χ3v) is 2.36. The molecule has 0 unspecified atom stereocenters. The highest BCUT2D eigenvalue weighted by Crippen LogP contribution is 2.08. The molecule has 0 amide bonds. The van der Waals surface area contributed by atoms with E-state index in [1.54, 1.807) is 6.26 Å². The van der Waals surface area contributed by atoms with E-state index in [1.165, 1.54) is 5.56 Å². The van der Waals surface area contributed by atoms with Gasteiger partial charge in [-0.3, -0.25) is 4.79 Å². The SMILES string of the molecule is O=Cc1ccc(CCc2ccco2)cc1. The molecule has 2 heteroatoms. The average molecular weight is 200 g/mol. The minimum Gasteiger partial charge on any atom is -0.469 e. The number of carbonyl (C=O) groups is 1. The molecule has 0 saturated heterocycles. The molecule has 0 spiro atoms. The minimum atomic E-state index is 0.719. The van der Waals surface area contributed by atoms with Crippen molar-refractivity contribution in [3.8, 4) is 0 Å². The van der Waals surface area contributed by atoms with E-state index in [0.29, 0.717) is 0 Å². The van der Waals surface area contributed by atoms with Gasteiger partial charge in [0.05, 0.1) is 6.26 Å². The summed E-state index contributed by atoms with van der Waals surface area (Å²) >= 11 is 0. The monoisotopic (exact) mass is 200 g/mol. The Morgan fingerprint density at radius 2 is 1.87 bits per heavy atom. The van der Waals surface area contributed by atoms with Crippen LogP contribution in [-0.2, 0) is 12.8 Å². The zero-order chi connectivity index (χ0) is 10.5. The first-order valence-electron chi connectivity index (χ1n) is 4.95. The molecule has 2 rings (SSSR count). The van der Waals surface area contributed by atoms with E-state index in [-0.39, 0.29) is 0 Å². The Bertz CT molecular complexity index is 412. The molecule has 0 aliphatic rings. The summed E-state index contributed by atoms with van der Waals surface area (Å²) < 4.78 is 5.24. The van der Waals surface area contributed by atoms with Crippen molar-refractivity contribution < 1.29 is 9.21 Å². The van der Waals surface area contributed by atoms with Gasteiger partial charge in [-0.1, -0.05) is 24.3 Å². The Hall–Kier alpha value is -1.83. The molecule has 0 aliphatic heterocycles. The second-order valence-electron chi connectivity index (χ2n) is 3.44. The lowest BCUT2D eigenvalue weighted by Crippen LogP contribution is -1.90. The van der Waals surface area contributed by atoms with E-state index in [4.69, 9.17) is 4.42 Å². The fraction of sp³-hybridized carbons (Fsp3) is 0.154. The highest BCUT2D eigenvalue weighted by Gasteiger charge is 1.98. The van der Waals surface area contributed by atoms with Crippen molar-refractivity contribution in [1.29, 1.82) is 0 Å². The highest BCUT2D eigenvalue weighted by atomic mass is 16.3. The summed E-state index contributed by atoms with van der Waals surface area (Å²) in [5, 5.41) is 0. The number of aldehydes is 1. The molecule has 1 heterocycles. The number of furan rings is 1. The van der Waals surface area contributed by atoms with E-state index >= 15 is 0 Å². The van der Waals surface area contributed by atoms with E-state index in [1.807, 2.05) is 36.4 Å². The lowest BCUT2D eigenvalue weighted by Gasteiger charge is -1.99. The van der Waals surface area contributed by atoms with Crippen molar-refractivity contribution in [2.75, 3.05) is 0 Å². The lowest BCUT2D eigenvalue weighted by atomic mass is 10.1. The van der Waals surface area contributed by atoms with E-state index in [9.17, 15) is 4.79 Å². The van der Waals surface area contributed by atoms with Gasteiger partial charge in [-0.15, -0.1) is 0 Å². The molecule has 0 radical (unpaired) electrons. The molecular weight excluding hydrogens is 188 g/mol. The Morgan fingerprint density at radius 3 is 2.47 bits per heavy atom. The van der Waals surface area contributed by atoms with Crippen molar-refractivity contribution in [3.05, 3.63) is 59.5 Å². The molecule has 0 saturated carbocycles. The van der Waals surface area contributed by atoms with Crippen LogP contribution in [0.25, 0.3) is 0 Å². The van der Waals surface area contributed by atoms with Gasteiger partial charge >= 0.3 is 0 Å². The summed E-state index contributed by atoms with van der Waals surface area (Å²) in [5.74, 6) is 0.995. The predicted molar refractivity (Wildman–Crippen MR) is 57.9 cm³/mol. The van der Waals surface area contributed by atoms with Gasteiger partial charge in [-0.2, -0.15) is 0 Å². The van der Waals surface area contributed by atoms with E-state index < -0.39 is 0 Å². The standard InChI is InChI=1S/C13H12O2/c14-10-12-5-3-11(4-6-12)7-8-13-2-1-9-15-13/h1-6,9-10H,7-8H2. The van der Waals surface area contributed by atoms with Crippen LogP contribution in [0.2, 0.25) is 0 Å². The summed E-state index contributed by atoms with van der Waals surface area (Å²) in [6.07, 6.45) is 4.38. The molecule has 0 aliphatic carbocycles. The zero-order valence-electron chi connectivity index (χ0n) is 8.35. The van der Waals surface area contributed by atoms with Gasteiger partial charge < -0.3 is 4.42 Å². The minimum absolute atomic E-state index is 0.719. The van der Waals surface area contributed by atoms with Crippen LogP contribution in [0.3, 0.4) is 0 Å². The average Bonchev–Trinajstić information content (AvgIpc) is 2.80. The van der Waals surface area contributed by atoms with E-state index in [2.05, 4.69) is 0 Å². The molecule has 0 fully saturated rings. The molecule has 0 N–H and O–H groups in total. The molecular formula is C13H12O2. The van der Waals surface area contributed by atoms with Crippen molar-refractivity contribution in [3.63, 3.8) is 0 Å². The molecule has 1 aromatic carbocycles. The Balaban J connectivity index is 1.96. The fourth-order valence-corrected chi connectivity index (χ4v) is 1.49. The number of carbonyl (C=O) groups excluding carboxylic acids is 1. The second-order valence-corrected chi connectivity index (χ2v) is 3.44. The number of rotatable bonds is 4. The quantitative estimate of drug-likeness (QED) is 0.710. The Labute approximate surface area is 88.5 Å². The second kappa shape index (κ2) is 4.60. The molecule has 0 atom stereocenters. The molecule has 0 bridgehead atoms. The van der Waals surface area contributed by atoms with Gasteiger partial charge in [0.1, 0.15) is 12.0 Å². The van der Waals surface area contributed by atoms with Crippen molar-refractivity contribution in [2.45, 2.75) is 12.8 Å². The summed E-state index contributed by atoms with van der Waals surface area (Å²) in [5.41, 5.74) is 1.94. The Kier molecular flexibility index (Phi) is 2.98. The fourth-order valence-electron chi connectivity index (χ4n) is 1.49. The van der Waals surface area contributed by atoms with Crippen molar-refractivity contribution >= 4 is 6.29 Å². The molecule has 76 valence electrons. The van der Waals surface area contributed by atoms with Gasteiger partial charge in [-0.25, -0.2) is 0 Å². The van der Waals surface area contributed by atoms with Gasteiger partial charge in [0.15, 0.2) is 0 Å². The van der Waals surface area contributed by atoms with Crippen LogP contribution >= 0.6 is 0 Å². The van der Waals surface area contributed by atoms with E-state index in [0.717, 1.165) is 30.5 Å². The summed E-state index contributed by atoms with van der Waals surface area (Å²) in [7, 11) is 0. The molecule has 2 aromatic rings. The third-order valence-electron chi connectivity index (χ3n) is 2.36. The van der Waals surface area contributed by atoms with Crippen LogP contribution in [0.15, 0.2) is 47.1 Å².